The second kappa shape index (κ2) is 6.91. The second-order valence-corrected chi connectivity index (χ2v) is 5.90. The van der Waals surface area contributed by atoms with E-state index >= 15 is 0 Å². The van der Waals surface area contributed by atoms with E-state index in [1.54, 1.807) is 12.5 Å². The van der Waals surface area contributed by atoms with E-state index in [1.165, 1.54) is 0 Å². The Labute approximate surface area is 134 Å². The first kappa shape index (κ1) is 15.7. The lowest BCUT2D eigenvalue weighted by Crippen LogP contribution is -2.37. The zero-order valence-corrected chi connectivity index (χ0v) is 13.3. The van der Waals surface area contributed by atoms with Crippen molar-refractivity contribution >= 4 is 5.97 Å². The number of carbonyl (C=O) groups is 1. The van der Waals surface area contributed by atoms with Gasteiger partial charge < -0.3 is 14.2 Å². The molecule has 0 aromatic carbocycles. The third kappa shape index (κ3) is 3.58. The molecule has 1 aliphatic heterocycles. The molecule has 3 rings (SSSR count). The van der Waals surface area contributed by atoms with Crippen LogP contribution >= 0.6 is 0 Å². The van der Waals surface area contributed by atoms with Crippen LogP contribution in [-0.2, 0) is 17.9 Å². The van der Waals surface area contributed by atoms with E-state index in [1.807, 2.05) is 15.7 Å². The third-order valence-electron chi connectivity index (χ3n) is 4.37. The van der Waals surface area contributed by atoms with E-state index in [-0.39, 0.29) is 6.54 Å². The van der Waals surface area contributed by atoms with Crippen LogP contribution in [0.4, 0.5) is 0 Å². The highest BCUT2D eigenvalue weighted by atomic mass is 16.4. The summed E-state index contributed by atoms with van der Waals surface area (Å²) in [6, 6.07) is 0. The summed E-state index contributed by atoms with van der Waals surface area (Å²) in [6.45, 7) is 5.32. The first-order valence-electron chi connectivity index (χ1n) is 7.99. The molecule has 0 bridgehead atoms. The standard InChI is InChI=1S/C15H22N6O2/c1-2-21-13(9-20-8-5-16-11-20)17-18-15(21)12-3-6-19(7-4-12)10-14(22)23/h5,8,11-12H,2-4,6-7,9-10H2,1H3,(H,22,23). The van der Waals surface area contributed by atoms with E-state index in [2.05, 4.69) is 26.7 Å². The van der Waals surface area contributed by atoms with Crippen molar-refractivity contribution in [2.45, 2.75) is 38.8 Å². The molecule has 0 aliphatic carbocycles. The number of imidazole rings is 1. The van der Waals surface area contributed by atoms with Gasteiger partial charge in [-0.15, -0.1) is 10.2 Å². The lowest BCUT2D eigenvalue weighted by atomic mass is 9.96. The lowest BCUT2D eigenvalue weighted by molar-refractivity contribution is -0.138. The van der Waals surface area contributed by atoms with Crippen molar-refractivity contribution in [2.75, 3.05) is 19.6 Å². The molecule has 0 saturated carbocycles. The minimum atomic E-state index is -0.761. The van der Waals surface area contributed by atoms with Gasteiger partial charge in [-0.05, 0) is 32.9 Å². The smallest absolute Gasteiger partial charge is 0.317 e. The van der Waals surface area contributed by atoms with E-state index in [4.69, 9.17) is 5.11 Å². The maximum absolute atomic E-state index is 10.8. The van der Waals surface area contributed by atoms with Crippen LogP contribution in [0.5, 0.6) is 0 Å². The molecule has 1 aliphatic rings. The summed E-state index contributed by atoms with van der Waals surface area (Å²) in [7, 11) is 0. The van der Waals surface area contributed by atoms with E-state index in [0.717, 1.165) is 44.1 Å². The summed E-state index contributed by atoms with van der Waals surface area (Å²) in [4.78, 5) is 16.8. The minimum Gasteiger partial charge on any atom is -0.480 e. The van der Waals surface area contributed by atoms with Gasteiger partial charge in [-0.2, -0.15) is 0 Å². The highest BCUT2D eigenvalue weighted by Crippen LogP contribution is 2.27. The van der Waals surface area contributed by atoms with Crippen LogP contribution in [0.2, 0.25) is 0 Å². The Balaban J connectivity index is 1.69. The summed E-state index contributed by atoms with van der Waals surface area (Å²) in [5.74, 6) is 1.55. The van der Waals surface area contributed by atoms with Crippen LogP contribution in [0.15, 0.2) is 18.7 Å². The first-order valence-corrected chi connectivity index (χ1v) is 7.99. The number of carboxylic acids is 1. The zero-order valence-electron chi connectivity index (χ0n) is 13.3. The van der Waals surface area contributed by atoms with Gasteiger partial charge in [0.1, 0.15) is 5.82 Å². The molecule has 0 atom stereocenters. The molecule has 1 N–H and O–H groups in total. The number of piperidine rings is 1. The highest BCUT2D eigenvalue weighted by Gasteiger charge is 2.26. The van der Waals surface area contributed by atoms with Gasteiger partial charge >= 0.3 is 5.97 Å². The van der Waals surface area contributed by atoms with Crippen LogP contribution in [0.3, 0.4) is 0 Å². The van der Waals surface area contributed by atoms with Crippen LogP contribution < -0.4 is 0 Å². The zero-order chi connectivity index (χ0) is 16.2. The van der Waals surface area contributed by atoms with Crippen molar-refractivity contribution < 1.29 is 9.90 Å². The molecular formula is C15H22N6O2. The van der Waals surface area contributed by atoms with Gasteiger partial charge in [0.2, 0.25) is 0 Å². The molecule has 3 heterocycles. The SMILES string of the molecule is CCn1c(Cn2ccnc2)nnc1C1CCN(CC(=O)O)CC1. The molecule has 1 fully saturated rings. The molecule has 8 nitrogen and oxygen atoms in total. The first-order chi connectivity index (χ1) is 11.2. The maximum Gasteiger partial charge on any atom is 0.317 e. The van der Waals surface area contributed by atoms with Gasteiger partial charge in [0.15, 0.2) is 5.82 Å². The number of hydrogen-bond donors (Lipinski definition) is 1. The summed E-state index contributed by atoms with van der Waals surface area (Å²) in [6.07, 6.45) is 7.30. The predicted octanol–water partition coefficient (Wildman–Crippen LogP) is 0.807. The fourth-order valence-corrected chi connectivity index (χ4v) is 3.20. The Morgan fingerprint density at radius 3 is 2.74 bits per heavy atom. The van der Waals surface area contributed by atoms with Gasteiger partial charge in [-0.25, -0.2) is 4.98 Å². The van der Waals surface area contributed by atoms with E-state index in [9.17, 15) is 4.79 Å². The number of likely N-dealkylation sites (tertiary alicyclic amines) is 1. The van der Waals surface area contributed by atoms with Crippen molar-refractivity contribution in [3.8, 4) is 0 Å². The minimum absolute atomic E-state index is 0.124. The van der Waals surface area contributed by atoms with Crippen molar-refractivity contribution in [1.29, 1.82) is 0 Å². The van der Waals surface area contributed by atoms with Crippen LogP contribution in [-0.4, -0.2) is 59.9 Å². The second-order valence-electron chi connectivity index (χ2n) is 5.90. The van der Waals surface area contributed by atoms with Crippen molar-refractivity contribution in [2.24, 2.45) is 0 Å². The number of nitrogens with zero attached hydrogens (tertiary/aromatic N) is 6. The summed E-state index contributed by atoms with van der Waals surface area (Å²) < 4.78 is 4.16. The number of aliphatic carboxylic acids is 1. The van der Waals surface area contributed by atoms with Gasteiger partial charge in [0.05, 0.1) is 19.4 Å². The van der Waals surface area contributed by atoms with Gasteiger partial charge in [0.25, 0.3) is 0 Å². The van der Waals surface area contributed by atoms with Crippen molar-refractivity contribution in [3.05, 3.63) is 30.4 Å². The summed E-state index contributed by atoms with van der Waals surface area (Å²) in [5, 5.41) is 17.7. The predicted molar refractivity (Wildman–Crippen MR) is 83.1 cm³/mol. The summed E-state index contributed by atoms with van der Waals surface area (Å²) in [5.41, 5.74) is 0. The Morgan fingerprint density at radius 1 is 1.35 bits per heavy atom. The topological polar surface area (TPSA) is 89.1 Å². The Hall–Kier alpha value is -2.22. The lowest BCUT2D eigenvalue weighted by Gasteiger charge is -2.30. The third-order valence-corrected chi connectivity index (χ3v) is 4.37. The van der Waals surface area contributed by atoms with Gasteiger partial charge in [0, 0.05) is 24.9 Å². The monoisotopic (exact) mass is 318 g/mol. The average Bonchev–Trinajstić information content (AvgIpc) is 3.17. The molecule has 0 radical (unpaired) electrons. The Bertz CT molecular complexity index is 643. The molecule has 2 aromatic rings. The quantitative estimate of drug-likeness (QED) is 0.848. The molecule has 2 aromatic heterocycles. The fraction of sp³-hybridized carbons (Fsp3) is 0.600. The molecule has 0 amide bonds. The van der Waals surface area contributed by atoms with Crippen molar-refractivity contribution in [3.63, 3.8) is 0 Å². The molecular weight excluding hydrogens is 296 g/mol. The molecule has 8 heteroatoms. The molecule has 23 heavy (non-hydrogen) atoms. The molecule has 0 spiro atoms. The van der Waals surface area contributed by atoms with Crippen molar-refractivity contribution in [1.82, 2.24) is 29.2 Å². The number of aromatic nitrogens is 5. The Morgan fingerprint density at radius 2 is 2.13 bits per heavy atom. The van der Waals surface area contributed by atoms with Gasteiger partial charge in [-0.3, -0.25) is 9.69 Å². The summed E-state index contributed by atoms with van der Waals surface area (Å²) >= 11 is 0. The molecule has 0 unspecified atom stereocenters. The largest absolute Gasteiger partial charge is 0.480 e. The Kier molecular flexibility index (Phi) is 4.71. The van der Waals surface area contributed by atoms with Crippen LogP contribution in [0, 0.1) is 0 Å². The number of hydrogen-bond acceptors (Lipinski definition) is 5. The van der Waals surface area contributed by atoms with Crippen LogP contribution in [0.1, 0.15) is 37.3 Å². The van der Waals surface area contributed by atoms with Crippen LogP contribution in [0.25, 0.3) is 0 Å². The molecule has 124 valence electrons. The number of rotatable bonds is 6. The normalized spacial score (nSPS) is 16.7. The average molecular weight is 318 g/mol. The number of carboxylic acid groups (broad SMARTS) is 1. The molecule has 1 saturated heterocycles. The van der Waals surface area contributed by atoms with E-state index in [0.29, 0.717) is 12.5 Å². The van der Waals surface area contributed by atoms with Gasteiger partial charge in [-0.1, -0.05) is 0 Å². The highest BCUT2D eigenvalue weighted by molar-refractivity contribution is 5.69. The van der Waals surface area contributed by atoms with E-state index < -0.39 is 5.97 Å². The maximum atomic E-state index is 10.8. The fourth-order valence-electron chi connectivity index (χ4n) is 3.20.